The van der Waals surface area contributed by atoms with Gasteiger partial charge in [0.2, 0.25) is 5.91 Å². The lowest BCUT2D eigenvalue weighted by Crippen LogP contribution is -2.13. The van der Waals surface area contributed by atoms with Gasteiger partial charge in [0, 0.05) is 17.7 Å². The molecule has 4 heteroatoms. The molecule has 0 aromatic heterocycles. The summed E-state index contributed by atoms with van der Waals surface area (Å²) in [7, 11) is 0. The summed E-state index contributed by atoms with van der Waals surface area (Å²) in [4.78, 5) is 23.2. The maximum Gasteiger partial charge on any atom is 0.224 e. The Labute approximate surface area is 142 Å². The molecule has 1 N–H and O–H groups in total. The fraction of sp³-hybridized carbons (Fsp3) is 0.300. The number of hydrogen-bond donors (Lipinski definition) is 1. The van der Waals surface area contributed by atoms with Gasteiger partial charge in [-0.25, -0.2) is 0 Å². The molecule has 0 atom stereocenters. The topological polar surface area (TPSA) is 55.4 Å². The number of hydrogen-bond acceptors (Lipinski definition) is 3. The molecule has 0 aliphatic carbocycles. The molecule has 24 heavy (non-hydrogen) atoms. The van der Waals surface area contributed by atoms with E-state index in [1.54, 1.807) is 24.3 Å². The normalized spacial score (nSPS) is 10.3. The molecule has 0 radical (unpaired) electrons. The average molecular weight is 325 g/mol. The van der Waals surface area contributed by atoms with E-state index < -0.39 is 0 Å². The molecule has 0 spiro atoms. The second-order valence-electron chi connectivity index (χ2n) is 5.96. The van der Waals surface area contributed by atoms with Crippen LogP contribution in [-0.4, -0.2) is 18.3 Å². The standard InChI is InChI=1S/C20H23NO3/c1-14-11-15(2)13-18(12-14)21-20(23)5-4-10-24-19-8-6-17(7-9-19)16(3)22/h6-9,11-13H,4-5,10H2,1-3H3,(H,21,23). The van der Waals surface area contributed by atoms with Gasteiger partial charge in [-0.1, -0.05) is 6.07 Å². The zero-order chi connectivity index (χ0) is 17.5. The van der Waals surface area contributed by atoms with Crippen molar-refractivity contribution in [3.8, 4) is 5.75 Å². The second kappa shape index (κ2) is 8.29. The van der Waals surface area contributed by atoms with Crippen molar-refractivity contribution in [1.82, 2.24) is 0 Å². The van der Waals surface area contributed by atoms with Crippen molar-refractivity contribution in [1.29, 1.82) is 0 Å². The minimum Gasteiger partial charge on any atom is -0.494 e. The summed E-state index contributed by atoms with van der Waals surface area (Å²) >= 11 is 0. The van der Waals surface area contributed by atoms with Gasteiger partial charge >= 0.3 is 0 Å². The molecule has 126 valence electrons. The van der Waals surface area contributed by atoms with Crippen LogP contribution >= 0.6 is 0 Å². The van der Waals surface area contributed by atoms with E-state index in [0.29, 0.717) is 30.8 Å². The van der Waals surface area contributed by atoms with Crippen molar-refractivity contribution < 1.29 is 14.3 Å². The number of ether oxygens (including phenoxy) is 1. The third-order valence-corrected chi connectivity index (χ3v) is 3.58. The monoisotopic (exact) mass is 325 g/mol. The van der Waals surface area contributed by atoms with Crippen molar-refractivity contribution in [3.05, 3.63) is 59.2 Å². The number of ketones is 1. The predicted molar refractivity (Wildman–Crippen MR) is 95.7 cm³/mol. The van der Waals surface area contributed by atoms with Crippen molar-refractivity contribution >= 4 is 17.4 Å². The number of rotatable bonds is 7. The molecule has 0 heterocycles. The number of benzene rings is 2. The number of carbonyl (C=O) groups is 2. The molecule has 0 saturated heterocycles. The van der Waals surface area contributed by atoms with E-state index in [-0.39, 0.29) is 11.7 Å². The Balaban J connectivity index is 1.73. The molecule has 0 aliphatic heterocycles. The highest BCUT2D eigenvalue weighted by Crippen LogP contribution is 2.15. The highest BCUT2D eigenvalue weighted by Gasteiger charge is 2.04. The average Bonchev–Trinajstić information content (AvgIpc) is 2.51. The third kappa shape index (κ3) is 5.54. The Bertz CT molecular complexity index is 700. The Morgan fingerprint density at radius 2 is 1.62 bits per heavy atom. The van der Waals surface area contributed by atoms with Crippen LogP contribution in [0.2, 0.25) is 0 Å². The lowest BCUT2D eigenvalue weighted by Gasteiger charge is -2.09. The highest BCUT2D eigenvalue weighted by atomic mass is 16.5. The van der Waals surface area contributed by atoms with Crippen LogP contribution in [-0.2, 0) is 4.79 Å². The van der Waals surface area contributed by atoms with Crippen LogP contribution in [0.1, 0.15) is 41.3 Å². The zero-order valence-electron chi connectivity index (χ0n) is 14.4. The number of amides is 1. The fourth-order valence-electron chi connectivity index (χ4n) is 2.48. The van der Waals surface area contributed by atoms with Gasteiger partial charge in [-0.2, -0.15) is 0 Å². The predicted octanol–water partition coefficient (Wildman–Crippen LogP) is 4.30. The maximum absolute atomic E-state index is 12.0. The molecule has 0 saturated carbocycles. The van der Waals surface area contributed by atoms with E-state index in [9.17, 15) is 9.59 Å². The zero-order valence-corrected chi connectivity index (χ0v) is 14.4. The lowest BCUT2D eigenvalue weighted by molar-refractivity contribution is -0.116. The first-order chi connectivity index (χ1) is 11.4. The maximum atomic E-state index is 12.0. The summed E-state index contributed by atoms with van der Waals surface area (Å²) in [5.74, 6) is 0.717. The van der Waals surface area contributed by atoms with E-state index in [0.717, 1.165) is 16.8 Å². The molecule has 2 rings (SSSR count). The Morgan fingerprint density at radius 1 is 1.00 bits per heavy atom. The minimum absolute atomic E-state index is 0.0180. The van der Waals surface area contributed by atoms with Crippen molar-refractivity contribution in [2.75, 3.05) is 11.9 Å². The molecular weight excluding hydrogens is 302 g/mol. The van der Waals surface area contributed by atoms with Gasteiger partial charge in [0.15, 0.2) is 5.78 Å². The molecule has 4 nitrogen and oxygen atoms in total. The number of Topliss-reactive ketones (excluding diaryl/α,β-unsaturated/α-hetero) is 1. The molecular formula is C20H23NO3. The quantitative estimate of drug-likeness (QED) is 0.610. The largest absolute Gasteiger partial charge is 0.494 e. The van der Waals surface area contributed by atoms with Crippen LogP contribution in [0.3, 0.4) is 0 Å². The number of anilines is 1. The Hall–Kier alpha value is -2.62. The van der Waals surface area contributed by atoms with Crippen LogP contribution < -0.4 is 10.1 Å². The number of nitrogens with one attached hydrogen (secondary N) is 1. The molecule has 2 aromatic carbocycles. The fourth-order valence-corrected chi connectivity index (χ4v) is 2.48. The van der Waals surface area contributed by atoms with E-state index in [1.165, 1.54) is 6.92 Å². The second-order valence-corrected chi connectivity index (χ2v) is 5.96. The van der Waals surface area contributed by atoms with Gasteiger partial charge in [0.05, 0.1) is 6.61 Å². The summed E-state index contributed by atoms with van der Waals surface area (Å²) in [5.41, 5.74) is 3.75. The lowest BCUT2D eigenvalue weighted by atomic mass is 10.1. The molecule has 0 unspecified atom stereocenters. The first kappa shape index (κ1) is 17.7. The first-order valence-corrected chi connectivity index (χ1v) is 8.06. The summed E-state index contributed by atoms with van der Waals surface area (Å²) in [6.07, 6.45) is 1.03. The number of carbonyl (C=O) groups excluding carboxylic acids is 2. The van der Waals surface area contributed by atoms with Gasteiger partial charge in [0.1, 0.15) is 5.75 Å². The Morgan fingerprint density at radius 3 is 2.21 bits per heavy atom. The third-order valence-electron chi connectivity index (χ3n) is 3.58. The van der Waals surface area contributed by atoms with E-state index in [4.69, 9.17) is 4.74 Å². The van der Waals surface area contributed by atoms with Gasteiger partial charge in [-0.3, -0.25) is 9.59 Å². The van der Waals surface area contributed by atoms with Crippen LogP contribution in [0.15, 0.2) is 42.5 Å². The van der Waals surface area contributed by atoms with Crippen LogP contribution in [0.4, 0.5) is 5.69 Å². The smallest absolute Gasteiger partial charge is 0.224 e. The minimum atomic E-state index is -0.0180. The Kier molecular flexibility index (Phi) is 6.13. The van der Waals surface area contributed by atoms with Gasteiger partial charge in [-0.05, 0) is 74.7 Å². The highest BCUT2D eigenvalue weighted by molar-refractivity contribution is 5.94. The molecule has 0 fully saturated rings. The summed E-state index contributed by atoms with van der Waals surface area (Å²) in [6, 6.07) is 13.0. The number of aryl methyl sites for hydroxylation is 2. The molecule has 0 bridgehead atoms. The molecule has 1 amide bonds. The summed E-state index contributed by atoms with van der Waals surface area (Å²) in [5, 5.41) is 2.91. The van der Waals surface area contributed by atoms with Crippen molar-refractivity contribution in [3.63, 3.8) is 0 Å². The van der Waals surface area contributed by atoms with E-state index in [2.05, 4.69) is 11.4 Å². The summed E-state index contributed by atoms with van der Waals surface area (Å²) < 4.78 is 5.59. The van der Waals surface area contributed by atoms with Gasteiger partial charge in [-0.15, -0.1) is 0 Å². The molecule has 0 aliphatic rings. The SMILES string of the molecule is CC(=O)c1ccc(OCCCC(=O)Nc2cc(C)cc(C)c2)cc1. The first-order valence-electron chi connectivity index (χ1n) is 8.06. The van der Waals surface area contributed by atoms with Gasteiger partial charge in [0.25, 0.3) is 0 Å². The van der Waals surface area contributed by atoms with Crippen molar-refractivity contribution in [2.45, 2.75) is 33.6 Å². The van der Waals surface area contributed by atoms with Crippen LogP contribution in [0, 0.1) is 13.8 Å². The molecule has 2 aromatic rings. The van der Waals surface area contributed by atoms with Crippen LogP contribution in [0.25, 0.3) is 0 Å². The summed E-state index contributed by atoms with van der Waals surface area (Å²) in [6.45, 7) is 6.01. The van der Waals surface area contributed by atoms with E-state index in [1.807, 2.05) is 26.0 Å². The van der Waals surface area contributed by atoms with Gasteiger partial charge < -0.3 is 10.1 Å². The van der Waals surface area contributed by atoms with E-state index >= 15 is 0 Å². The van der Waals surface area contributed by atoms with Crippen molar-refractivity contribution in [2.24, 2.45) is 0 Å². The van der Waals surface area contributed by atoms with Crippen LogP contribution in [0.5, 0.6) is 5.75 Å².